The standard InChI is InChI=1S/C17H24N4O3S/c1-12(15-20-13-6-4-5-7-14(13)21(15)2)19-16(22)17(25(3,23)24)8-10-18-11-9-17/h4-7,12,18H,8-11H2,1-3H3,(H,19,22). The summed E-state index contributed by atoms with van der Waals surface area (Å²) in [6.07, 6.45) is 1.72. The third-order valence-electron chi connectivity index (χ3n) is 5.09. The number of hydrogen-bond donors (Lipinski definition) is 2. The first-order valence-electron chi connectivity index (χ1n) is 8.39. The summed E-state index contributed by atoms with van der Waals surface area (Å²) in [5.74, 6) is 0.267. The molecule has 136 valence electrons. The minimum Gasteiger partial charge on any atom is -0.345 e. The third-order valence-corrected chi connectivity index (χ3v) is 7.10. The van der Waals surface area contributed by atoms with E-state index in [1.807, 2.05) is 42.8 Å². The van der Waals surface area contributed by atoms with E-state index in [0.29, 0.717) is 18.9 Å². The summed E-state index contributed by atoms with van der Waals surface area (Å²) in [4.78, 5) is 17.5. The van der Waals surface area contributed by atoms with Gasteiger partial charge in [0.1, 0.15) is 5.82 Å². The first-order valence-corrected chi connectivity index (χ1v) is 10.3. The molecule has 1 fully saturated rings. The van der Waals surface area contributed by atoms with Crippen LogP contribution in [-0.4, -0.2) is 48.0 Å². The maximum atomic E-state index is 12.9. The molecule has 2 N–H and O–H groups in total. The van der Waals surface area contributed by atoms with Gasteiger partial charge in [-0.15, -0.1) is 0 Å². The molecule has 1 aliphatic rings. The van der Waals surface area contributed by atoms with Crippen molar-refractivity contribution in [1.82, 2.24) is 20.2 Å². The first kappa shape index (κ1) is 17.9. The van der Waals surface area contributed by atoms with Gasteiger partial charge in [0.25, 0.3) is 0 Å². The zero-order chi connectivity index (χ0) is 18.2. The molecule has 25 heavy (non-hydrogen) atoms. The highest BCUT2D eigenvalue weighted by molar-refractivity contribution is 7.92. The van der Waals surface area contributed by atoms with Crippen LogP contribution in [0.5, 0.6) is 0 Å². The minimum absolute atomic E-state index is 0.285. The molecule has 1 saturated heterocycles. The Balaban J connectivity index is 1.89. The van der Waals surface area contributed by atoms with Crippen molar-refractivity contribution >= 4 is 26.8 Å². The molecule has 0 bridgehead atoms. The maximum Gasteiger partial charge on any atom is 0.242 e. The third kappa shape index (κ3) is 3.04. The van der Waals surface area contributed by atoms with Crippen molar-refractivity contribution in [2.45, 2.75) is 30.6 Å². The number of benzene rings is 1. The molecule has 0 saturated carbocycles. The molecule has 1 atom stereocenters. The molecule has 1 unspecified atom stereocenters. The van der Waals surface area contributed by atoms with Crippen LogP contribution in [-0.2, 0) is 21.7 Å². The summed E-state index contributed by atoms with van der Waals surface area (Å²) in [6, 6.07) is 7.34. The van der Waals surface area contributed by atoms with E-state index in [1.54, 1.807) is 0 Å². The molecule has 7 nitrogen and oxygen atoms in total. The van der Waals surface area contributed by atoms with Crippen LogP contribution >= 0.6 is 0 Å². The van der Waals surface area contributed by atoms with E-state index in [9.17, 15) is 13.2 Å². The smallest absolute Gasteiger partial charge is 0.242 e. The van der Waals surface area contributed by atoms with E-state index >= 15 is 0 Å². The van der Waals surface area contributed by atoms with Crippen molar-refractivity contribution in [3.8, 4) is 0 Å². The van der Waals surface area contributed by atoms with Crippen molar-refractivity contribution in [3.05, 3.63) is 30.1 Å². The molecule has 1 aromatic carbocycles. The highest BCUT2D eigenvalue weighted by Gasteiger charge is 2.49. The van der Waals surface area contributed by atoms with E-state index in [4.69, 9.17) is 0 Å². The number of nitrogens with zero attached hydrogens (tertiary/aromatic N) is 2. The van der Waals surface area contributed by atoms with E-state index in [2.05, 4.69) is 15.6 Å². The number of sulfone groups is 1. The Morgan fingerprint density at radius 3 is 2.56 bits per heavy atom. The fourth-order valence-electron chi connectivity index (χ4n) is 3.54. The number of hydrogen-bond acceptors (Lipinski definition) is 5. The number of piperidine rings is 1. The lowest BCUT2D eigenvalue weighted by Crippen LogP contribution is -2.57. The zero-order valence-electron chi connectivity index (χ0n) is 14.7. The number of carbonyl (C=O) groups excluding carboxylic acids is 1. The molecule has 1 aromatic heterocycles. The number of imidazole rings is 1. The molecule has 0 radical (unpaired) electrons. The molecule has 3 rings (SSSR count). The second-order valence-corrected chi connectivity index (χ2v) is 9.06. The topological polar surface area (TPSA) is 93.1 Å². The molecule has 2 heterocycles. The van der Waals surface area contributed by atoms with E-state index in [-0.39, 0.29) is 12.8 Å². The number of para-hydroxylation sites is 2. The lowest BCUT2D eigenvalue weighted by atomic mass is 9.95. The Bertz CT molecular complexity index is 898. The van der Waals surface area contributed by atoms with Gasteiger partial charge in [-0.25, -0.2) is 13.4 Å². The summed E-state index contributed by atoms with van der Waals surface area (Å²) < 4.78 is 25.3. The van der Waals surface area contributed by atoms with Crippen molar-refractivity contribution in [3.63, 3.8) is 0 Å². The molecule has 2 aromatic rings. The van der Waals surface area contributed by atoms with Crippen molar-refractivity contribution in [2.75, 3.05) is 19.3 Å². The molecule has 0 spiro atoms. The average Bonchev–Trinajstić information content (AvgIpc) is 2.92. The second kappa shape index (κ2) is 6.42. The molecule has 1 aliphatic heterocycles. The highest BCUT2D eigenvalue weighted by Crippen LogP contribution is 2.29. The summed E-state index contributed by atoms with van der Waals surface area (Å²) >= 11 is 0. The summed E-state index contributed by atoms with van der Waals surface area (Å²) in [5, 5.41) is 6.00. The van der Waals surface area contributed by atoms with Gasteiger partial charge < -0.3 is 15.2 Å². The van der Waals surface area contributed by atoms with Crippen LogP contribution < -0.4 is 10.6 Å². The van der Waals surface area contributed by atoms with Crippen molar-refractivity contribution in [2.24, 2.45) is 7.05 Å². The van der Waals surface area contributed by atoms with Crippen molar-refractivity contribution in [1.29, 1.82) is 0 Å². The number of rotatable bonds is 4. The maximum absolute atomic E-state index is 12.9. The monoisotopic (exact) mass is 364 g/mol. The summed E-state index contributed by atoms with van der Waals surface area (Å²) in [6.45, 7) is 2.86. The SMILES string of the molecule is CC(NC(=O)C1(S(C)(=O)=O)CCNCC1)c1nc2ccccc2n1C. The molecule has 1 amide bonds. The van der Waals surface area contributed by atoms with Gasteiger partial charge in [-0.1, -0.05) is 12.1 Å². The summed E-state index contributed by atoms with van der Waals surface area (Å²) in [7, 11) is -1.64. The van der Waals surface area contributed by atoms with Crippen LogP contribution in [0, 0.1) is 0 Å². The zero-order valence-corrected chi connectivity index (χ0v) is 15.6. The predicted molar refractivity (Wildman–Crippen MR) is 97.0 cm³/mol. The lowest BCUT2D eigenvalue weighted by Gasteiger charge is -2.35. The van der Waals surface area contributed by atoms with Gasteiger partial charge in [0.2, 0.25) is 5.91 Å². The Labute approximate surface area is 147 Å². The fraction of sp³-hybridized carbons (Fsp3) is 0.529. The van der Waals surface area contributed by atoms with E-state index in [1.165, 1.54) is 0 Å². The Morgan fingerprint density at radius 1 is 1.32 bits per heavy atom. The second-order valence-electron chi connectivity index (χ2n) is 6.73. The fourth-order valence-corrected chi connectivity index (χ4v) is 4.88. The summed E-state index contributed by atoms with van der Waals surface area (Å²) in [5.41, 5.74) is 1.82. The average molecular weight is 364 g/mol. The normalized spacial score (nSPS) is 18.8. The van der Waals surface area contributed by atoms with Gasteiger partial charge in [0, 0.05) is 13.3 Å². The van der Waals surface area contributed by atoms with Crippen LogP contribution in [0.1, 0.15) is 31.6 Å². The minimum atomic E-state index is -3.53. The largest absolute Gasteiger partial charge is 0.345 e. The van der Waals surface area contributed by atoms with Crippen LogP contribution in [0.25, 0.3) is 11.0 Å². The Hall–Kier alpha value is -1.93. The van der Waals surface area contributed by atoms with Gasteiger partial charge >= 0.3 is 0 Å². The number of nitrogens with one attached hydrogen (secondary N) is 2. The molecule has 0 aliphatic carbocycles. The van der Waals surface area contributed by atoms with Crippen LogP contribution in [0.15, 0.2) is 24.3 Å². The molecule has 8 heteroatoms. The Kier molecular flexibility index (Phi) is 4.59. The van der Waals surface area contributed by atoms with Gasteiger partial charge in [0.15, 0.2) is 14.6 Å². The number of amides is 1. The lowest BCUT2D eigenvalue weighted by molar-refractivity contribution is -0.125. The Morgan fingerprint density at radius 2 is 1.96 bits per heavy atom. The predicted octanol–water partition coefficient (Wildman–Crippen LogP) is 0.917. The van der Waals surface area contributed by atoms with E-state index in [0.717, 1.165) is 17.3 Å². The van der Waals surface area contributed by atoms with Gasteiger partial charge in [-0.05, 0) is 45.0 Å². The first-order chi connectivity index (χ1) is 11.8. The van der Waals surface area contributed by atoms with E-state index < -0.39 is 26.5 Å². The molecular weight excluding hydrogens is 340 g/mol. The number of aryl methyl sites for hydroxylation is 1. The van der Waals surface area contributed by atoms with Crippen molar-refractivity contribution < 1.29 is 13.2 Å². The van der Waals surface area contributed by atoms with Crippen LogP contribution in [0.2, 0.25) is 0 Å². The highest BCUT2D eigenvalue weighted by atomic mass is 32.2. The molecular formula is C17H24N4O3S. The number of carbonyl (C=O) groups is 1. The van der Waals surface area contributed by atoms with Crippen LogP contribution in [0.3, 0.4) is 0 Å². The van der Waals surface area contributed by atoms with Crippen LogP contribution in [0.4, 0.5) is 0 Å². The van der Waals surface area contributed by atoms with Gasteiger partial charge in [0.05, 0.1) is 17.1 Å². The number of aromatic nitrogens is 2. The quantitative estimate of drug-likeness (QED) is 0.841. The van der Waals surface area contributed by atoms with Gasteiger partial charge in [-0.2, -0.15) is 0 Å². The van der Waals surface area contributed by atoms with Gasteiger partial charge in [-0.3, -0.25) is 4.79 Å². The number of fused-ring (bicyclic) bond motifs is 1.